The molecule has 0 aliphatic rings. The Morgan fingerprint density at radius 3 is 2.42 bits per heavy atom. The number of hydrogen-bond donors (Lipinski definition) is 1. The van der Waals surface area contributed by atoms with Crippen molar-refractivity contribution in [2.45, 2.75) is 6.18 Å². The van der Waals surface area contributed by atoms with Gasteiger partial charge in [0.05, 0.1) is 11.1 Å². The topological polar surface area (TPSA) is 41.6 Å². The van der Waals surface area contributed by atoms with E-state index >= 15 is 0 Å². The summed E-state index contributed by atoms with van der Waals surface area (Å²) in [5.41, 5.74) is 2.24. The summed E-state index contributed by atoms with van der Waals surface area (Å²) in [6.45, 7) is 0. The number of H-pyrrole nitrogens is 1. The number of rotatable bonds is 2. The summed E-state index contributed by atoms with van der Waals surface area (Å²) < 4.78 is 38.8. The molecule has 26 heavy (non-hydrogen) atoms. The van der Waals surface area contributed by atoms with E-state index in [0.717, 1.165) is 17.7 Å². The summed E-state index contributed by atoms with van der Waals surface area (Å²) in [6, 6.07) is 14.1. The van der Waals surface area contributed by atoms with Crippen molar-refractivity contribution >= 4 is 22.8 Å². The van der Waals surface area contributed by atoms with E-state index in [-0.39, 0.29) is 0 Å². The molecule has 0 radical (unpaired) electrons. The van der Waals surface area contributed by atoms with Crippen LogP contribution in [0.25, 0.3) is 33.7 Å². The lowest BCUT2D eigenvalue weighted by Crippen LogP contribution is -2.04. The zero-order valence-corrected chi connectivity index (χ0v) is 13.9. The number of alkyl halides is 3. The first-order chi connectivity index (χ1) is 12.4. The van der Waals surface area contributed by atoms with Crippen LogP contribution in [0, 0.1) is 0 Å². The highest BCUT2D eigenvalue weighted by atomic mass is 35.5. The molecule has 0 saturated carbocycles. The standard InChI is InChI=1S/C19H11ClF3N3/c20-15-6-2-4-12(8-15)17-25-16-9-13(10-24-18(16)26-17)11-3-1-5-14(7-11)19(21,22)23/h1-10H,(H,24,25,26). The maximum atomic E-state index is 12.9. The summed E-state index contributed by atoms with van der Waals surface area (Å²) in [7, 11) is 0. The molecule has 7 heteroatoms. The van der Waals surface area contributed by atoms with Gasteiger partial charge in [-0.2, -0.15) is 13.2 Å². The van der Waals surface area contributed by atoms with Gasteiger partial charge in [-0.1, -0.05) is 35.9 Å². The van der Waals surface area contributed by atoms with Gasteiger partial charge >= 0.3 is 6.18 Å². The first-order valence-corrected chi connectivity index (χ1v) is 8.07. The van der Waals surface area contributed by atoms with Crippen LogP contribution in [0.1, 0.15) is 5.56 Å². The van der Waals surface area contributed by atoms with E-state index in [4.69, 9.17) is 11.6 Å². The fourth-order valence-electron chi connectivity index (χ4n) is 2.71. The zero-order valence-electron chi connectivity index (χ0n) is 13.2. The van der Waals surface area contributed by atoms with Gasteiger partial charge in [-0.25, -0.2) is 9.97 Å². The van der Waals surface area contributed by atoms with Crippen LogP contribution in [0.2, 0.25) is 5.02 Å². The molecule has 130 valence electrons. The molecule has 4 rings (SSSR count). The molecule has 0 saturated heterocycles. The average molecular weight is 374 g/mol. The van der Waals surface area contributed by atoms with Crippen LogP contribution in [0.5, 0.6) is 0 Å². The van der Waals surface area contributed by atoms with Crippen LogP contribution >= 0.6 is 11.6 Å². The number of imidazole rings is 1. The Kier molecular flexibility index (Phi) is 3.92. The molecule has 2 aromatic carbocycles. The fraction of sp³-hybridized carbons (Fsp3) is 0.0526. The highest BCUT2D eigenvalue weighted by molar-refractivity contribution is 6.30. The van der Waals surface area contributed by atoms with Crippen molar-refractivity contribution in [3.63, 3.8) is 0 Å². The van der Waals surface area contributed by atoms with Crippen molar-refractivity contribution in [2.75, 3.05) is 0 Å². The summed E-state index contributed by atoms with van der Waals surface area (Å²) >= 11 is 6.00. The number of nitrogens with zero attached hydrogens (tertiary/aromatic N) is 2. The number of fused-ring (bicyclic) bond motifs is 1. The second kappa shape index (κ2) is 6.14. The van der Waals surface area contributed by atoms with Crippen LogP contribution in [0.4, 0.5) is 13.2 Å². The first-order valence-electron chi connectivity index (χ1n) is 7.69. The van der Waals surface area contributed by atoms with Gasteiger partial charge in [0.1, 0.15) is 5.82 Å². The normalized spacial score (nSPS) is 11.8. The largest absolute Gasteiger partial charge is 0.416 e. The third-order valence-corrected chi connectivity index (χ3v) is 4.19. The Morgan fingerprint density at radius 2 is 1.65 bits per heavy atom. The average Bonchev–Trinajstić information content (AvgIpc) is 3.04. The second-order valence-electron chi connectivity index (χ2n) is 5.77. The Bertz CT molecular complexity index is 1100. The van der Waals surface area contributed by atoms with Crippen molar-refractivity contribution in [2.24, 2.45) is 0 Å². The van der Waals surface area contributed by atoms with E-state index in [1.807, 2.05) is 12.1 Å². The van der Waals surface area contributed by atoms with E-state index in [2.05, 4.69) is 15.0 Å². The monoisotopic (exact) mass is 373 g/mol. The number of aromatic amines is 1. The van der Waals surface area contributed by atoms with Crippen LogP contribution in [0.3, 0.4) is 0 Å². The van der Waals surface area contributed by atoms with E-state index in [0.29, 0.717) is 33.1 Å². The van der Waals surface area contributed by atoms with Crippen LogP contribution < -0.4 is 0 Å². The van der Waals surface area contributed by atoms with E-state index in [1.54, 1.807) is 24.3 Å². The number of benzene rings is 2. The summed E-state index contributed by atoms with van der Waals surface area (Å²) in [5.74, 6) is 0.594. The Hall–Kier alpha value is -2.86. The predicted octanol–water partition coefficient (Wildman–Crippen LogP) is 5.96. The Balaban J connectivity index is 1.77. The van der Waals surface area contributed by atoms with Crippen molar-refractivity contribution in [1.82, 2.24) is 15.0 Å². The molecule has 2 aromatic heterocycles. The van der Waals surface area contributed by atoms with Crippen molar-refractivity contribution in [1.29, 1.82) is 0 Å². The quantitative estimate of drug-likeness (QED) is 0.470. The van der Waals surface area contributed by atoms with Crippen molar-refractivity contribution in [3.8, 4) is 22.5 Å². The van der Waals surface area contributed by atoms with Crippen LogP contribution in [0.15, 0.2) is 60.8 Å². The fourth-order valence-corrected chi connectivity index (χ4v) is 2.90. The highest BCUT2D eigenvalue weighted by Crippen LogP contribution is 2.32. The van der Waals surface area contributed by atoms with E-state index in [9.17, 15) is 13.2 Å². The molecule has 0 aliphatic carbocycles. The van der Waals surface area contributed by atoms with Gasteiger partial charge in [-0.15, -0.1) is 0 Å². The molecule has 0 unspecified atom stereocenters. The summed E-state index contributed by atoms with van der Waals surface area (Å²) in [6.07, 6.45) is -2.87. The maximum absolute atomic E-state index is 12.9. The smallest absolute Gasteiger partial charge is 0.337 e. The molecule has 4 aromatic rings. The molecule has 0 fully saturated rings. The molecule has 0 amide bonds. The zero-order chi connectivity index (χ0) is 18.3. The minimum absolute atomic E-state index is 0.438. The SMILES string of the molecule is FC(F)(F)c1cccc(-c2cnc3nc(-c4cccc(Cl)c4)[nH]c3c2)c1. The van der Waals surface area contributed by atoms with E-state index in [1.165, 1.54) is 12.3 Å². The lowest BCUT2D eigenvalue weighted by Gasteiger charge is -2.08. The molecule has 3 nitrogen and oxygen atoms in total. The molecule has 2 heterocycles. The number of pyridine rings is 1. The lowest BCUT2D eigenvalue weighted by molar-refractivity contribution is -0.137. The van der Waals surface area contributed by atoms with Crippen LogP contribution in [-0.4, -0.2) is 15.0 Å². The second-order valence-corrected chi connectivity index (χ2v) is 6.21. The number of halogens is 4. The molecule has 0 spiro atoms. The Labute approximate surface area is 151 Å². The van der Waals surface area contributed by atoms with Gasteiger partial charge in [-0.05, 0) is 35.9 Å². The molecular weight excluding hydrogens is 363 g/mol. The lowest BCUT2D eigenvalue weighted by atomic mass is 10.0. The summed E-state index contributed by atoms with van der Waals surface area (Å²) in [5, 5.41) is 0.584. The van der Waals surface area contributed by atoms with E-state index < -0.39 is 11.7 Å². The third-order valence-electron chi connectivity index (χ3n) is 3.96. The third kappa shape index (κ3) is 3.15. The van der Waals surface area contributed by atoms with Gasteiger partial charge in [0.2, 0.25) is 0 Å². The first kappa shape index (κ1) is 16.6. The highest BCUT2D eigenvalue weighted by Gasteiger charge is 2.30. The number of nitrogens with one attached hydrogen (secondary N) is 1. The number of hydrogen-bond acceptors (Lipinski definition) is 2. The summed E-state index contributed by atoms with van der Waals surface area (Å²) in [4.78, 5) is 11.8. The molecule has 1 N–H and O–H groups in total. The van der Waals surface area contributed by atoms with Crippen molar-refractivity contribution < 1.29 is 13.2 Å². The predicted molar refractivity (Wildman–Crippen MR) is 94.8 cm³/mol. The van der Waals surface area contributed by atoms with Gasteiger partial charge in [0.25, 0.3) is 0 Å². The minimum atomic E-state index is -4.39. The van der Waals surface area contributed by atoms with Gasteiger partial charge in [0, 0.05) is 22.3 Å². The van der Waals surface area contributed by atoms with Crippen molar-refractivity contribution in [3.05, 3.63) is 71.4 Å². The minimum Gasteiger partial charge on any atom is -0.337 e. The van der Waals surface area contributed by atoms with Gasteiger partial charge < -0.3 is 4.98 Å². The van der Waals surface area contributed by atoms with Gasteiger partial charge in [0.15, 0.2) is 5.65 Å². The van der Waals surface area contributed by atoms with Gasteiger partial charge in [-0.3, -0.25) is 0 Å². The molecular formula is C19H11ClF3N3. The molecule has 0 aliphatic heterocycles. The number of aromatic nitrogens is 3. The molecule has 0 atom stereocenters. The maximum Gasteiger partial charge on any atom is 0.416 e. The Morgan fingerprint density at radius 1 is 0.885 bits per heavy atom. The molecule has 0 bridgehead atoms. The van der Waals surface area contributed by atoms with Crippen LogP contribution in [-0.2, 0) is 6.18 Å².